The third-order valence-electron chi connectivity index (χ3n) is 9.30. The first-order chi connectivity index (χ1) is 20.0. The van der Waals surface area contributed by atoms with Crippen LogP contribution in [0.5, 0.6) is 5.75 Å². The van der Waals surface area contributed by atoms with Gasteiger partial charge in [-0.3, -0.25) is 14.5 Å². The summed E-state index contributed by atoms with van der Waals surface area (Å²) in [6, 6.07) is 14.7. The highest BCUT2D eigenvalue weighted by Crippen LogP contribution is 2.38. The lowest BCUT2D eigenvalue weighted by Crippen LogP contribution is -2.50. The lowest BCUT2D eigenvalue weighted by Gasteiger charge is -2.39. The lowest BCUT2D eigenvalue weighted by atomic mass is 9.97. The van der Waals surface area contributed by atoms with Crippen molar-refractivity contribution in [1.29, 1.82) is 5.26 Å². The molecule has 0 radical (unpaired) electrons. The molecule has 9 heteroatoms. The zero-order valence-electron chi connectivity index (χ0n) is 23.4. The summed E-state index contributed by atoms with van der Waals surface area (Å²) in [5.74, 6) is 1.50. The van der Waals surface area contributed by atoms with Crippen molar-refractivity contribution in [3.05, 3.63) is 64.2 Å². The van der Waals surface area contributed by atoms with Crippen LogP contribution in [0, 0.1) is 17.2 Å². The molecular weight excluding hydrogens is 538 g/mol. The van der Waals surface area contributed by atoms with E-state index in [4.69, 9.17) is 21.6 Å². The Labute approximate surface area is 247 Å². The number of piperazine rings is 1. The summed E-state index contributed by atoms with van der Waals surface area (Å²) in [7, 11) is 0. The van der Waals surface area contributed by atoms with Gasteiger partial charge in [0.15, 0.2) is 0 Å². The zero-order valence-corrected chi connectivity index (χ0v) is 24.2. The van der Waals surface area contributed by atoms with Crippen LogP contribution in [-0.2, 0) is 0 Å². The Bertz CT molecular complexity index is 1280. The number of carbonyl (C=O) groups excluding carboxylic acids is 2. The fourth-order valence-corrected chi connectivity index (χ4v) is 7.27. The number of amides is 2. The van der Waals surface area contributed by atoms with Crippen molar-refractivity contribution >= 4 is 23.4 Å². The Kier molecular flexibility index (Phi) is 8.47. The number of benzene rings is 2. The first-order valence-corrected chi connectivity index (χ1v) is 15.4. The van der Waals surface area contributed by atoms with E-state index in [2.05, 4.69) is 16.3 Å². The molecule has 4 heterocycles. The highest BCUT2D eigenvalue weighted by molar-refractivity contribution is 6.31. The second kappa shape index (κ2) is 12.4. The molecule has 4 fully saturated rings. The molecule has 0 aromatic heterocycles. The molecular formula is C32H38ClN5O3. The molecule has 2 aromatic carbocycles. The normalized spacial score (nSPS) is 25.1. The third kappa shape index (κ3) is 6.23. The maximum atomic E-state index is 13.6. The predicted molar refractivity (Wildman–Crippen MR) is 157 cm³/mol. The molecule has 8 nitrogen and oxygen atoms in total. The van der Waals surface area contributed by atoms with E-state index in [0.717, 1.165) is 77.4 Å². The fraction of sp³-hybridized carbons (Fsp3) is 0.531. The monoisotopic (exact) mass is 575 g/mol. The number of nitriles is 1. The number of nitrogens with zero attached hydrogens (tertiary/aromatic N) is 4. The molecule has 2 aromatic rings. The molecule has 1 N–H and O–H groups in total. The number of fused-ring (bicyclic) bond motifs is 2. The summed E-state index contributed by atoms with van der Waals surface area (Å²) < 4.78 is 6.21. The molecule has 0 saturated carbocycles. The van der Waals surface area contributed by atoms with Crippen molar-refractivity contribution < 1.29 is 14.3 Å². The van der Waals surface area contributed by atoms with E-state index in [9.17, 15) is 9.59 Å². The molecule has 216 valence electrons. The molecule has 4 saturated heterocycles. The van der Waals surface area contributed by atoms with Gasteiger partial charge in [0.05, 0.1) is 10.6 Å². The number of hydrogen-bond donors (Lipinski definition) is 1. The maximum Gasteiger partial charge on any atom is 0.254 e. The van der Waals surface area contributed by atoms with Gasteiger partial charge in [0.25, 0.3) is 11.8 Å². The molecule has 2 unspecified atom stereocenters. The maximum absolute atomic E-state index is 13.6. The molecule has 4 aliphatic heterocycles. The minimum atomic E-state index is 0.000639. The number of piperidine rings is 2. The topological polar surface area (TPSA) is 88.9 Å². The number of rotatable bonds is 6. The van der Waals surface area contributed by atoms with Gasteiger partial charge in [-0.05, 0) is 81.1 Å². The number of ether oxygens (including phenoxy) is 1. The van der Waals surface area contributed by atoms with E-state index in [-0.39, 0.29) is 30.0 Å². The van der Waals surface area contributed by atoms with Crippen LogP contribution in [0.15, 0.2) is 42.5 Å². The lowest BCUT2D eigenvalue weighted by molar-refractivity contribution is 0.0358. The molecule has 2 atom stereocenters. The Balaban J connectivity index is 1.02. The number of nitrogens with one attached hydrogen (secondary N) is 1. The van der Waals surface area contributed by atoms with Gasteiger partial charge in [-0.2, -0.15) is 5.26 Å². The second-order valence-electron chi connectivity index (χ2n) is 11.9. The van der Waals surface area contributed by atoms with Crippen LogP contribution in [0.25, 0.3) is 0 Å². The van der Waals surface area contributed by atoms with Gasteiger partial charge in [-0.15, -0.1) is 0 Å². The highest BCUT2D eigenvalue weighted by Gasteiger charge is 2.44. The van der Waals surface area contributed by atoms with Gasteiger partial charge in [0.1, 0.15) is 17.9 Å². The van der Waals surface area contributed by atoms with E-state index in [1.165, 1.54) is 12.8 Å². The minimum Gasteiger partial charge on any atom is -0.490 e. The van der Waals surface area contributed by atoms with Crippen LogP contribution < -0.4 is 10.1 Å². The van der Waals surface area contributed by atoms with Crippen LogP contribution in [0.2, 0.25) is 5.02 Å². The van der Waals surface area contributed by atoms with E-state index in [0.29, 0.717) is 27.5 Å². The van der Waals surface area contributed by atoms with Gasteiger partial charge in [-0.1, -0.05) is 11.6 Å². The smallest absolute Gasteiger partial charge is 0.254 e. The van der Waals surface area contributed by atoms with E-state index >= 15 is 0 Å². The molecule has 41 heavy (non-hydrogen) atoms. The van der Waals surface area contributed by atoms with Crippen LogP contribution in [0.3, 0.4) is 0 Å². The first kappa shape index (κ1) is 28.0. The summed E-state index contributed by atoms with van der Waals surface area (Å²) in [6.07, 6.45) is 5.94. The van der Waals surface area contributed by atoms with Gasteiger partial charge in [0, 0.05) is 74.8 Å². The van der Waals surface area contributed by atoms with Gasteiger partial charge < -0.3 is 19.9 Å². The van der Waals surface area contributed by atoms with E-state index in [1.807, 2.05) is 34.1 Å². The Hall–Kier alpha value is -3.12. The van der Waals surface area contributed by atoms with Crippen molar-refractivity contribution in [1.82, 2.24) is 20.0 Å². The average molecular weight is 576 g/mol. The number of hydrogen-bond acceptors (Lipinski definition) is 6. The van der Waals surface area contributed by atoms with Gasteiger partial charge >= 0.3 is 0 Å². The van der Waals surface area contributed by atoms with Crippen molar-refractivity contribution in [3.63, 3.8) is 0 Å². The fourth-order valence-electron chi connectivity index (χ4n) is 7.06. The van der Waals surface area contributed by atoms with Gasteiger partial charge in [0.2, 0.25) is 0 Å². The first-order valence-electron chi connectivity index (χ1n) is 15.0. The molecule has 0 aliphatic carbocycles. The van der Waals surface area contributed by atoms with Crippen LogP contribution >= 0.6 is 11.6 Å². The molecule has 0 spiro atoms. The van der Waals surface area contributed by atoms with Gasteiger partial charge in [-0.25, -0.2) is 0 Å². The highest BCUT2D eigenvalue weighted by atomic mass is 35.5. The Morgan fingerprint density at radius 3 is 2.15 bits per heavy atom. The Morgan fingerprint density at radius 2 is 1.54 bits per heavy atom. The summed E-state index contributed by atoms with van der Waals surface area (Å²) >= 11 is 6.18. The summed E-state index contributed by atoms with van der Waals surface area (Å²) in [4.78, 5) is 33.2. The molecule has 6 rings (SSSR count). The molecule has 4 aliphatic rings. The largest absolute Gasteiger partial charge is 0.490 e. The van der Waals surface area contributed by atoms with Crippen LogP contribution in [0.4, 0.5) is 0 Å². The molecule has 2 bridgehead atoms. The summed E-state index contributed by atoms with van der Waals surface area (Å²) in [6.45, 7) is 6.71. The van der Waals surface area contributed by atoms with Crippen molar-refractivity contribution in [2.75, 3.05) is 45.8 Å². The number of halogens is 1. The third-order valence-corrected chi connectivity index (χ3v) is 9.61. The Morgan fingerprint density at radius 1 is 0.902 bits per heavy atom. The summed E-state index contributed by atoms with van der Waals surface area (Å²) in [5.41, 5.74) is 1.70. The van der Waals surface area contributed by atoms with E-state index in [1.54, 1.807) is 18.2 Å². The standard InChI is InChI=1S/C32H38ClN5O3/c33-30-19-28(8-5-25(30)20-34)41-29-17-26-6-7-27(18-29)38(26)32(40)24-3-1-23(2-4-24)31(39)37-15-13-36(14-16-37)21-22-9-11-35-12-10-22/h1-5,8,19,22,26-27,29,35H,6-7,9-18,21H2. The minimum absolute atomic E-state index is 0.000639. The molecule has 2 amide bonds. The number of carbonyl (C=O) groups is 2. The van der Waals surface area contributed by atoms with E-state index < -0.39 is 0 Å². The van der Waals surface area contributed by atoms with Crippen LogP contribution in [-0.4, -0.2) is 90.5 Å². The quantitative estimate of drug-likeness (QED) is 0.556. The van der Waals surface area contributed by atoms with Crippen molar-refractivity contribution in [2.24, 2.45) is 5.92 Å². The van der Waals surface area contributed by atoms with Crippen LogP contribution in [0.1, 0.15) is 64.8 Å². The second-order valence-corrected chi connectivity index (χ2v) is 12.3. The summed E-state index contributed by atoms with van der Waals surface area (Å²) in [5, 5.41) is 12.9. The predicted octanol–water partition coefficient (Wildman–Crippen LogP) is 4.18. The van der Waals surface area contributed by atoms with Crippen molar-refractivity contribution in [3.8, 4) is 11.8 Å². The van der Waals surface area contributed by atoms with Crippen molar-refractivity contribution in [2.45, 2.75) is 56.7 Å². The SMILES string of the molecule is N#Cc1ccc(OC2CC3CCC(C2)N3C(=O)c2ccc(C(=O)N3CCN(CC4CCNCC4)CC3)cc2)cc1Cl. The average Bonchev–Trinajstić information content (AvgIpc) is 3.27. The zero-order chi connectivity index (χ0) is 28.3.